The number of rotatable bonds is 4. The Hall–Kier alpha value is -1.77. The summed E-state index contributed by atoms with van der Waals surface area (Å²) in [7, 11) is 0. The number of nitriles is 1. The molecule has 0 bridgehead atoms. The van der Waals surface area contributed by atoms with Crippen LogP contribution in [0.5, 0.6) is 0 Å². The zero-order valence-corrected chi connectivity index (χ0v) is 11.1. The van der Waals surface area contributed by atoms with Gasteiger partial charge in [-0.25, -0.2) is 0 Å². The molecule has 5 heteroatoms. The molecule has 0 aliphatic carbocycles. The lowest BCUT2D eigenvalue weighted by Gasteiger charge is -2.07. The van der Waals surface area contributed by atoms with Crippen molar-refractivity contribution in [3.63, 3.8) is 0 Å². The van der Waals surface area contributed by atoms with Gasteiger partial charge in [-0.2, -0.15) is 5.26 Å². The maximum Gasteiger partial charge on any atom is 0.129 e. The Morgan fingerprint density at radius 3 is 2.67 bits per heavy atom. The highest BCUT2D eigenvalue weighted by atomic mass is 79.9. The minimum Gasteiger partial charge on any atom is -0.462 e. The van der Waals surface area contributed by atoms with Crippen molar-refractivity contribution in [1.82, 2.24) is 0 Å². The average Bonchev–Trinajstić information content (AvgIpc) is 2.85. The van der Waals surface area contributed by atoms with Crippen LogP contribution in [0, 0.1) is 11.3 Å². The monoisotopic (exact) mass is 306 g/mol. The maximum atomic E-state index is 8.89. The van der Waals surface area contributed by atoms with Crippen LogP contribution in [0.15, 0.2) is 39.2 Å². The summed E-state index contributed by atoms with van der Waals surface area (Å²) in [5.74, 6) is 1.29. The van der Waals surface area contributed by atoms with Crippen LogP contribution >= 0.6 is 15.9 Å². The second-order valence-corrected chi connectivity index (χ2v) is 4.54. The lowest BCUT2D eigenvalue weighted by molar-refractivity contribution is 0.244. The second kappa shape index (κ2) is 5.71. The number of hydrogen-bond acceptors (Lipinski definition) is 4. The van der Waals surface area contributed by atoms with E-state index in [1.165, 1.54) is 0 Å². The number of aliphatic hydroxyl groups is 1. The van der Waals surface area contributed by atoms with Crippen LogP contribution < -0.4 is 5.32 Å². The molecule has 1 heterocycles. The Bertz CT molecular complexity index is 587. The summed E-state index contributed by atoms with van der Waals surface area (Å²) in [5.41, 5.74) is 1.49. The molecule has 0 amide bonds. The van der Waals surface area contributed by atoms with E-state index in [1.54, 1.807) is 18.2 Å². The largest absolute Gasteiger partial charge is 0.462 e. The lowest BCUT2D eigenvalue weighted by Crippen LogP contribution is -1.99. The van der Waals surface area contributed by atoms with E-state index in [2.05, 4.69) is 27.3 Å². The van der Waals surface area contributed by atoms with Crippen LogP contribution in [0.3, 0.4) is 0 Å². The van der Waals surface area contributed by atoms with Gasteiger partial charge in [0.05, 0.1) is 18.2 Å². The number of aliphatic hydroxyl groups excluding tert-OH is 1. The number of furan rings is 1. The highest BCUT2D eigenvalue weighted by molar-refractivity contribution is 9.10. The fourth-order valence-electron chi connectivity index (χ4n) is 1.51. The van der Waals surface area contributed by atoms with Gasteiger partial charge in [-0.15, -0.1) is 0 Å². The van der Waals surface area contributed by atoms with Crippen molar-refractivity contribution >= 4 is 21.6 Å². The third-order valence-corrected chi connectivity index (χ3v) is 3.08. The van der Waals surface area contributed by atoms with Gasteiger partial charge in [-0.05, 0) is 46.3 Å². The topological polar surface area (TPSA) is 69.2 Å². The molecule has 0 aliphatic rings. The van der Waals surface area contributed by atoms with E-state index in [9.17, 15) is 0 Å². The minimum absolute atomic E-state index is 0.0967. The van der Waals surface area contributed by atoms with Crippen molar-refractivity contribution in [2.75, 3.05) is 5.32 Å². The summed E-state index contributed by atoms with van der Waals surface area (Å²) in [6, 6.07) is 11.0. The molecule has 0 fully saturated rings. The molecule has 0 saturated heterocycles. The molecule has 0 atom stereocenters. The number of hydrogen-bond donors (Lipinski definition) is 2. The molecule has 2 aromatic rings. The average molecular weight is 307 g/mol. The minimum atomic E-state index is -0.0967. The van der Waals surface area contributed by atoms with Crippen LogP contribution in [0.25, 0.3) is 0 Å². The zero-order chi connectivity index (χ0) is 13.0. The maximum absolute atomic E-state index is 8.89. The summed E-state index contributed by atoms with van der Waals surface area (Å²) in [5, 5.41) is 20.8. The van der Waals surface area contributed by atoms with Gasteiger partial charge in [0, 0.05) is 10.2 Å². The Balaban J connectivity index is 2.04. The number of benzene rings is 1. The Morgan fingerprint density at radius 1 is 1.28 bits per heavy atom. The first-order chi connectivity index (χ1) is 8.72. The third-order valence-electron chi connectivity index (χ3n) is 2.42. The third kappa shape index (κ3) is 2.92. The SMILES string of the molecule is N#Cc1ccc(NCc2ccc(CO)o2)c(Br)c1. The highest BCUT2D eigenvalue weighted by Gasteiger charge is 2.04. The van der Waals surface area contributed by atoms with Crippen molar-refractivity contribution in [2.45, 2.75) is 13.2 Å². The molecule has 2 rings (SSSR count). The summed E-state index contributed by atoms with van der Waals surface area (Å²) >= 11 is 3.40. The predicted molar refractivity (Wildman–Crippen MR) is 70.8 cm³/mol. The molecule has 1 aromatic carbocycles. The molecule has 92 valence electrons. The zero-order valence-electron chi connectivity index (χ0n) is 9.48. The van der Waals surface area contributed by atoms with Crippen LogP contribution in [0.4, 0.5) is 5.69 Å². The number of nitrogens with one attached hydrogen (secondary N) is 1. The molecule has 2 N–H and O–H groups in total. The summed E-state index contributed by atoms with van der Waals surface area (Å²) < 4.78 is 6.19. The molecule has 0 unspecified atom stereocenters. The first-order valence-corrected chi connectivity index (χ1v) is 6.14. The first-order valence-electron chi connectivity index (χ1n) is 5.35. The first kappa shape index (κ1) is 12.7. The van der Waals surface area contributed by atoms with Gasteiger partial charge >= 0.3 is 0 Å². The molecule has 18 heavy (non-hydrogen) atoms. The highest BCUT2D eigenvalue weighted by Crippen LogP contribution is 2.24. The van der Waals surface area contributed by atoms with Crippen molar-refractivity contribution in [1.29, 1.82) is 5.26 Å². The molecule has 1 aromatic heterocycles. The van der Waals surface area contributed by atoms with Crippen molar-refractivity contribution in [3.8, 4) is 6.07 Å². The standard InChI is InChI=1S/C13H11BrN2O2/c14-12-5-9(6-15)1-4-13(12)16-7-10-2-3-11(8-17)18-10/h1-5,16-17H,7-8H2. The molecular formula is C13H11BrN2O2. The Morgan fingerprint density at radius 2 is 2.06 bits per heavy atom. The van der Waals surface area contributed by atoms with Crippen molar-refractivity contribution in [2.24, 2.45) is 0 Å². The van der Waals surface area contributed by atoms with Crippen LogP contribution in [0.1, 0.15) is 17.1 Å². The number of anilines is 1. The molecule has 0 aliphatic heterocycles. The fraction of sp³-hybridized carbons (Fsp3) is 0.154. The summed E-state index contributed by atoms with van der Waals surface area (Å²) in [4.78, 5) is 0. The van der Waals surface area contributed by atoms with E-state index in [-0.39, 0.29) is 6.61 Å². The Kier molecular flexibility index (Phi) is 4.03. The van der Waals surface area contributed by atoms with Gasteiger partial charge in [0.1, 0.15) is 18.1 Å². The Labute approximate surface area is 113 Å². The molecule has 0 saturated carbocycles. The summed E-state index contributed by atoms with van der Waals surface area (Å²) in [6.45, 7) is 0.422. The quantitative estimate of drug-likeness (QED) is 0.911. The van der Waals surface area contributed by atoms with E-state index < -0.39 is 0 Å². The van der Waals surface area contributed by atoms with E-state index in [1.807, 2.05) is 12.1 Å². The van der Waals surface area contributed by atoms with E-state index in [0.717, 1.165) is 15.9 Å². The number of nitrogens with zero attached hydrogens (tertiary/aromatic N) is 1. The van der Waals surface area contributed by atoms with Crippen molar-refractivity contribution < 1.29 is 9.52 Å². The van der Waals surface area contributed by atoms with Gasteiger partial charge in [0.25, 0.3) is 0 Å². The smallest absolute Gasteiger partial charge is 0.129 e. The van der Waals surface area contributed by atoms with E-state index in [4.69, 9.17) is 14.8 Å². The summed E-state index contributed by atoms with van der Waals surface area (Å²) in [6.07, 6.45) is 0. The van der Waals surface area contributed by atoms with Gasteiger partial charge in [-0.3, -0.25) is 0 Å². The fourth-order valence-corrected chi connectivity index (χ4v) is 2.03. The van der Waals surface area contributed by atoms with Crippen LogP contribution in [-0.2, 0) is 13.2 Å². The molecule has 0 spiro atoms. The predicted octanol–water partition coefficient (Wildman–Crippen LogP) is 3.02. The van der Waals surface area contributed by atoms with Crippen LogP contribution in [0.2, 0.25) is 0 Å². The molecule has 0 radical (unpaired) electrons. The van der Waals surface area contributed by atoms with Gasteiger partial charge < -0.3 is 14.8 Å². The van der Waals surface area contributed by atoms with Crippen molar-refractivity contribution in [3.05, 3.63) is 51.9 Å². The van der Waals surface area contributed by atoms with Gasteiger partial charge in [0.15, 0.2) is 0 Å². The van der Waals surface area contributed by atoms with Crippen LogP contribution in [-0.4, -0.2) is 5.11 Å². The normalized spacial score (nSPS) is 10.1. The second-order valence-electron chi connectivity index (χ2n) is 3.69. The lowest BCUT2D eigenvalue weighted by atomic mass is 10.2. The van der Waals surface area contributed by atoms with E-state index >= 15 is 0 Å². The number of halogens is 1. The van der Waals surface area contributed by atoms with Gasteiger partial charge in [-0.1, -0.05) is 0 Å². The molecule has 4 nitrogen and oxygen atoms in total. The van der Waals surface area contributed by atoms with Gasteiger partial charge in [0.2, 0.25) is 0 Å². The van der Waals surface area contributed by atoms with E-state index in [0.29, 0.717) is 17.9 Å². The molecular weight excluding hydrogens is 296 g/mol.